The maximum Gasteiger partial charge on any atom is 0.124 e. The molecule has 0 saturated carbocycles. The van der Waals surface area contributed by atoms with Crippen LogP contribution in [0.1, 0.15) is 31.4 Å². The lowest BCUT2D eigenvalue weighted by Crippen LogP contribution is -2.35. The lowest BCUT2D eigenvalue weighted by molar-refractivity contribution is 0.213. The first kappa shape index (κ1) is 14.8. The summed E-state index contributed by atoms with van der Waals surface area (Å²) in [7, 11) is 2.17. The summed E-state index contributed by atoms with van der Waals surface area (Å²) in [5, 5.41) is 4.02. The summed E-state index contributed by atoms with van der Waals surface area (Å²) >= 11 is 6.08. The van der Waals surface area contributed by atoms with E-state index >= 15 is 0 Å². The van der Waals surface area contributed by atoms with Gasteiger partial charge in [-0.15, -0.1) is 0 Å². The summed E-state index contributed by atoms with van der Waals surface area (Å²) in [6.07, 6.45) is 2.49. The lowest BCUT2D eigenvalue weighted by atomic mass is 9.96. The van der Waals surface area contributed by atoms with Crippen molar-refractivity contribution < 1.29 is 4.39 Å². The molecular weight excluding hydrogens is 263 g/mol. The minimum absolute atomic E-state index is 0.160. The van der Waals surface area contributed by atoms with Crippen molar-refractivity contribution in [2.24, 2.45) is 5.92 Å². The molecule has 1 aromatic rings. The molecule has 0 aromatic heterocycles. The Balaban J connectivity index is 1.85. The Morgan fingerprint density at radius 1 is 1.42 bits per heavy atom. The van der Waals surface area contributed by atoms with Gasteiger partial charge < -0.3 is 10.2 Å². The molecule has 4 heteroatoms. The first-order valence-corrected chi connectivity index (χ1v) is 7.31. The summed E-state index contributed by atoms with van der Waals surface area (Å²) in [6, 6.07) is 4.77. The van der Waals surface area contributed by atoms with Gasteiger partial charge in [0.1, 0.15) is 5.82 Å². The molecule has 1 aliphatic rings. The van der Waals surface area contributed by atoms with Gasteiger partial charge in [-0.2, -0.15) is 0 Å². The van der Waals surface area contributed by atoms with E-state index in [1.165, 1.54) is 38.1 Å². The van der Waals surface area contributed by atoms with Crippen molar-refractivity contribution in [3.8, 4) is 0 Å². The smallest absolute Gasteiger partial charge is 0.124 e. The molecule has 1 saturated heterocycles. The van der Waals surface area contributed by atoms with Crippen molar-refractivity contribution in [3.63, 3.8) is 0 Å². The monoisotopic (exact) mass is 284 g/mol. The maximum atomic E-state index is 13.0. The van der Waals surface area contributed by atoms with Gasteiger partial charge >= 0.3 is 0 Å². The van der Waals surface area contributed by atoms with E-state index in [0.29, 0.717) is 5.02 Å². The lowest BCUT2D eigenvalue weighted by Gasteiger charge is -2.30. The van der Waals surface area contributed by atoms with Crippen LogP contribution in [0.2, 0.25) is 5.02 Å². The molecule has 1 unspecified atom stereocenters. The Morgan fingerprint density at radius 3 is 2.74 bits per heavy atom. The largest absolute Gasteiger partial charge is 0.310 e. The predicted octanol–water partition coefficient (Wildman–Crippen LogP) is 3.47. The van der Waals surface area contributed by atoms with Gasteiger partial charge in [0, 0.05) is 11.1 Å². The molecule has 1 aliphatic heterocycles. The predicted molar refractivity (Wildman–Crippen MR) is 78.0 cm³/mol. The average Bonchev–Trinajstić information content (AvgIpc) is 2.37. The molecule has 1 heterocycles. The molecule has 1 atom stereocenters. The standard InChI is InChI=1S/C15H22ClFN2/c1-11(14-4-3-13(17)9-15(14)16)18-10-12-5-7-19(2)8-6-12/h3-4,9,11-12,18H,5-8,10H2,1-2H3. The van der Waals surface area contributed by atoms with E-state index in [4.69, 9.17) is 11.6 Å². The van der Waals surface area contributed by atoms with Gasteiger partial charge in [0.2, 0.25) is 0 Å². The number of piperidine rings is 1. The molecule has 2 rings (SSSR count). The molecule has 106 valence electrons. The molecule has 19 heavy (non-hydrogen) atoms. The number of likely N-dealkylation sites (tertiary alicyclic amines) is 1. The van der Waals surface area contributed by atoms with Gasteiger partial charge in [-0.1, -0.05) is 17.7 Å². The second-order valence-corrected chi connectivity index (χ2v) is 5.95. The Kier molecular flexibility index (Phi) is 5.20. The number of nitrogens with one attached hydrogen (secondary N) is 1. The van der Waals surface area contributed by atoms with Gasteiger partial charge in [-0.3, -0.25) is 0 Å². The topological polar surface area (TPSA) is 15.3 Å². The van der Waals surface area contributed by atoms with Crippen molar-refractivity contribution >= 4 is 11.6 Å². The number of halogens is 2. The van der Waals surface area contributed by atoms with Crippen LogP contribution in [0, 0.1) is 11.7 Å². The van der Waals surface area contributed by atoms with E-state index in [0.717, 1.165) is 18.0 Å². The summed E-state index contributed by atoms with van der Waals surface area (Å²) in [4.78, 5) is 2.37. The fraction of sp³-hybridized carbons (Fsp3) is 0.600. The molecule has 1 fully saturated rings. The fourth-order valence-corrected chi connectivity index (χ4v) is 2.90. The maximum absolute atomic E-state index is 13.0. The molecule has 0 aliphatic carbocycles. The van der Waals surface area contributed by atoms with Crippen molar-refractivity contribution in [2.75, 3.05) is 26.7 Å². The zero-order chi connectivity index (χ0) is 13.8. The van der Waals surface area contributed by atoms with Crippen LogP contribution in [0.3, 0.4) is 0 Å². The van der Waals surface area contributed by atoms with Crippen LogP contribution in [0.4, 0.5) is 4.39 Å². The number of hydrogen-bond donors (Lipinski definition) is 1. The summed E-state index contributed by atoms with van der Waals surface area (Å²) in [5.41, 5.74) is 0.969. The van der Waals surface area contributed by atoms with Crippen LogP contribution in [0.5, 0.6) is 0 Å². The van der Waals surface area contributed by atoms with Crippen molar-refractivity contribution in [1.82, 2.24) is 10.2 Å². The quantitative estimate of drug-likeness (QED) is 0.911. The van der Waals surface area contributed by atoms with E-state index < -0.39 is 0 Å². The van der Waals surface area contributed by atoms with E-state index in [-0.39, 0.29) is 11.9 Å². The molecule has 2 nitrogen and oxygen atoms in total. The molecule has 1 N–H and O–H groups in total. The molecule has 0 bridgehead atoms. The van der Waals surface area contributed by atoms with Gasteiger partial charge in [-0.25, -0.2) is 4.39 Å². The van der Waals surface area contributed by atoms with Crippen molar-refractivity contribution in [3.05, 3.63) is 34.6 Å². The highest BCUT2D eigenvalue weighted by atomic mass is 35.5. The van der Waals surface area contributed by atoms with Crippen LogP contribution in [0.25, 0.3) is 0 Å². The van der Waals surface area contributed by atoms with Crippen LogP contribution in [-0.4, -0.2) is 31.6 Å². The highest BCUT2D eigenvalue weighted by Crippen LogP contribution is 2.24. The van der Waals surface area contributed by atoms with Gasteiger partial charge in [0.25, 0.3) is 0 Å². The van der Waals surface area contributed by atoms with Gasteiger partial charge in [0.15, 0.2) is 0 Å². The Labute approximate surface area is 119 Å². The van der Waals surface area contributed by atoms with Gasteiger partial charge in [0.05, 0.1) is 0 Å². The van der Waals surface area contributed by atoms with Gasteiger partial charge in [-0.05, 0) is 70.1 Å². The molecule has 0 amide bonds. The Bertz CT molecular complexity index is 417. The van der Waals surface area contributed by atoms with E-state index in [1.54, 1.807) is 6.07 Å². The second-order valence-electron chi connectivity index (χ2n) is 5.54. The van der Waals surface area contributed by atoms with Crippen LogP contribution < -0.4 is 5.32 Å². The number of benzene rings is 1. The van der Waals surface area contributed by atoms with E-state index in [2.05, 4.69) is 24.2 Å². The van der Waals surface area contributed by atoms with E-state index in [9.17, 15) is 4.39 Å². The molecule has 0 radical (unpaired) electrons. The normalized spacial score (nSPS) is 19.6. The third kappa shape index (κ3) is 4.16. The average molecular weight is 285 g/mol. The summed E-state index contributed by atoms with van der Waals surface area (Å²) in [6.45, 7) is 5.44. The third-order valence-electron chi connectivity index (χ3n) is 3.98. The number of rotatable bonds is 4. The summed E-state index contributed by atoms with van der Waals surface area (Å²) < 4.78 is 13.0. The second kappa shape index (κ2) is 6.69. The number of hydrogen-bond acceptors (Lipinski definition) is 2. The Morgan fingerprint density at radius 2 is 2.11 bits per heavy atom. The highest BCUT2D eigenvalue weighted by Gasteiger charge is 2.18. The zero-order valence-corrected chi connectivity index (χ0v) is 12.4. The van der Waals surface area contributed by atoms with Crippen LogP contribution in [-0.2, 0) is 0 Å². The molecule has 0 spiro atoms. The molecular formula is C15H22ClFN2. The molecule has 1 aromatic carbocycles. The first-order chi connectivity index (χ1) is 9.06. The van der Waals surface area contributed by atoms with Crippen molar-refractivity contribution in [1.29, 1.82) is 0 Å². The fourth-order valence-electron chi connectivity index (χ4n) is 2.57. The van der Waals surface area contributed by atoms with Crippen LogP contribution in [0.15, 0.2) is 18.2 Å². The van der Waals surface area contributed by atoms with Crippen molar-refractivity contribution in [2.45, 2.75) is 25.8 Å². The SMILES string of the molecule is CC(NCC1CCN(C)CC1)c1ccc(F)cc1Cl. The third-order valence-corrected chi connectivity index (χ3v) is 4.31. The summed E-state index contributed by atoms with van der Waals surface area (Å²) in [5.74, 6) is 0.453. The first-order valence-electron chi connectivity index (χ1n) is 6.93. The highest BCUT2D eigenvalue weighted by molar-refractivity contribution is 6.31. The number of nitrogens with zero attached hydrogens (tertiary/aromatic N) is 1. The van der Waals surface area contributed by atoms with Crippen LogP contribution >= 0.6 is 11.6 Å². The Hall–Kier alpha value is -0.640. The minimum Gasteiger partial charge on any atom is -0.310 e. The minimum atomic E-state index is -0.281. The zero-order valence-electron chi connectivity index (χ0n) is 11.6. The van der Waals surface area contributed by atoms with E-state index in [1.807, 2.05) is 0 Å².